The van der Waals surface area contributed by atoms with Gasteiger partial charge in [0.15, 0.2) is 0 Å². The molecule has 0 aliphatic carbocycles. The third-order valence-electron chi connectivity index (χ3n) is 1.68. The largest absolute Gasteiger partial charge is 0.375 e. The zero-order valence-corrected chi connectivity index (χ0v) is 8.35. The van der Waals surface area contributed by atoms with Crippen molar-refractivity contribution in [2.24, 2.45) is 0 Å². The molecule has 0 radical (unpaired) electrons. The van der Waals surface area contributed by atoms with Gasteiger partial charge in [0.2, 0.25) is 0 Å². The molecule has 0 aromatic heterocycles. The molecule has 2 nitrogen and oxygen atoms in total. The van der Waals surface area contributed by atoms with Gasteiger partial charge in [0.05, 0.1) is 0 Å². The summed E-state index contributed by atoms with van der Waals surface area (Å²) in [6.45, 7) is 5.05. The first-order valence-corrected chi connectivity index (χ1v) is 4.76. The van der Waals surface area contributed by atoms with Gasteiger partial charge in [-0.1, -0.05) is 6.92 Å². The molecule has 0 heterocycles. The van der Waals surface area contributed by atoms with Crippen LogP contribution in [0, 0.1) is 0 Å². The Morgan fingerprint density at radius 1 is 1.38 bits per heavy atom. The van der Waals surface area contributed by atoms with E-state index in [1.165, 1.54) is 0 Å². The van der Waals surface area contributed by atoms with Gasteiger partial charge in [0.1, 0.15) is 6.61 Å². The summed E-state index contributed by atoms with van der Waals surface area (Å²) in [4.78, 5) is 0. The maximum Gasteiger partial charge on any atom is 0.261 e. The molecular formula is C9H19F2NO. The van der Waals surface area contributed by atoms with Crippen molar-refractivity contribution in [3.63, 3.8) is 0 Å². The van der Waals surface area contributed by atoms with E-state index < -0.39 is 13.0 Å². The van der Waals surface area contributed by atoms with E-state index in [9.17, 15) is 8.78 Å². The van der Waals surface area contributed by atoms with Crippen molar-refractivity contribution >= 4 is 0 Å². The summed E-state index contributed by atoms with van der Waals surface area (Å²) in [5.41, 5.74) is 0. The second-order valence-electron chi connectivity index (χ2n) is 3.11. The van der Waals surface area contributed by atoms with E-state index in [1.54, 1.807) is 0 Å². The number of rotatable bonds is 8. The molecule has 0 aliphatic heterocycles. The third-order valence-corrected chi connectivity index (χ3v) is 1.68. The molecule has 1 atom stereocenters. The zero-order valence-electron chi connectivity index (χ0n) is 8.35. The van der Waals surface area contributed by atoms with Crippen LogP contribution in [0.25, 0.3) is 0 Å². The molecule has 0 saturated carbocycles. The van der Waals surface area contributed by atoms with E-state index in [0.29, 0.717) is 12.6 Å². The van der Waals surface area contributed by atoms with Crippen LogP contribution >= 0.6 is 0 Å². The van der Waals surface area contributed by atoms with Crippen LogP contribution in [-0.4, -0.2) is 32.2 Å². The molecule has 0 fully saturated rings. The van der Waals surface area contributed by atoms with E-state index in [1.807, 2.05) is 6.92 Å². The van der Waals surface area contributed by atoms with E-state index in [0.717, 1.165) is 19.4 Å². The average molecular weight is 195 g/mol. The Morgan fingerprint density at radius 2 is 2.08 bits per heavy atom. The highest BCUT2D eigenvalue weighted by molar-refractivity contribution is 4.58. The Labute approximate surface area is 78.7 Å². The minimum atomic E-state index is -2.35. The van der Waals surface area contributed by atoms with Crippen molar-refractivity contribution < 1.29 is 13.5 Å². The highest BCUT2D eigenvalue weighted by Gasteiger charge is 2.03. The van der Waals surface area contributed by atoms with Gasteiger partial charge >= 0.3 is 0 Å². The number of hydrogen-bond acceptors (Lipinski definition) is 2. The lowest BCUT2D eigenvalue weighted by Gasteiger charge is -2.12. The SMILES string of the molecule is CCCNC(C)CCOCC(F)F. The molecule has 0 saturated heterocycles. The molecule has 1 N–H and O–H groups in total. The lowest BCUT2D eigenvalue weighted by atomic mass is 10.2. The van der Waals surface area contributed by atoms with E-state index >= 15 is 0 Å². The van der Waals surface area contributed by atoms with Crippen molar-refractivity contribution in [2.75, 3.05) is 19.8 Å². The van der Waals surface area contributed by atoms with Gasteiger partial charge in [-0.25, -0.2) is 8.78 Å². The highest BCUT2D eigenvalue weighted by Crippen LogP contribution is 1.96. The summed E-state index contributed by atoms with van der Waals surface area (Å²) < 4.78 is 28.0. The maximum atomic E-state index is 11.6. The fourth-order valence-electron chi connectivity index (χ4n) is 0.925. The summed E-state index contributed by atoms with van der Waals surface area (Å²) in [6, 6.07) is 0.345. The number of nitrogens with one attached hydrogen (secondary N) is 1. The van der Waals surface area contributed by atoms with Crippen LogP contribution in [-0.2, 0) is 4.74 Å². The number of alkyl halides is 2. The smallest absolute Gasteiger partial charge is 0.261 e. The van der Waals surface area contributed by atoms with Crippen molar-refractivity contribution in [3.05, 3.63) is 0 Å². The number of hydrogen-bond donors (Lipinski definition) is 1. The number of ether oxygens (including phenoxy) is 1. The Morgan fingerprint density at radius 3 is 2.62 bits per heavy atom. The molecule has 13 heavy (non-hydrogen) atoms. The molecular weight excluding hydrogens is 176 g/mol. The van der Waals surface area contributed by atoms with Crippen LogP contribution in [0.15, 0.2) is 0 Å². The summed E-state index contributed by atoms with van der Waals surface area (Å²) >= 11 is 0. The molecule has 0 aromatic rings. The minimum Gasteiger partial charge on any atom is -0.375 e. The van der Waals surface area contributed by atoms with Crippen LogP contribution in [0.3, 0.4) is 0 Å². The molecule has 4 heteroatoms. The Kier molecular flexibility index (Phi) is 8.24. The molecule has 1 unspecified atom stereocenters. The summed E-state index contributed by atoms with van der Waals surface area (Å²) in [6.07, 6.45) is -0.478. The van der Waals surface area contributed by atoms with E-state index in [4.69, 9.17) is 4.74 Å². The van der Waals surface area contributed by atoms with Gasteiger partial charge < -0.3 is 10.1 Å². The predicted molar refractivity (Wildman–Crippen MR) is 49.2 cm³/mol. The first kappa shape index (κ1) is 12.8. The van der Waals surface area contributed by atoms with Gasteiger partial charge in [-0.2, -0.15) is 0 Å². The molecule has 0 spiro atoms. The maximum absolute atomic E-state index is 11.6. The molecule has 80 valence electrons. The Balaban J connectivity index is 3.12. The molecule has 0 rings (SSSR count). The Bertz CT molecular complexity index is 112. The summed E-state index contributed by atoms with van der Waals surface area (Å²) in [5.74, 6) is 0. The second kappa shape index (κ2) is 8.38. The lowest BCUT2D eigenvalue weighted by molar-refractivity contribution is 0.0148. The normalized spacial score (nSPS) is 13.6. The van der Waals surface area contributed by atoms with Gasteiger partial charge in [-0.05, 0) is 26.3 Å². The minimum absolute atomic E-state index is 0.345. The fraction of sp³-hybridized carbons (Fsp3) is 1.00. The highest BCUT2D eigenvalue weighted by atomic mass is 19.3. The zero-order chi connectivity index (χ0) is 10.1. The second-order valence-corrected chi connectivity index (χ2v) is 3.11. The van der Waals surface area contributed by atoms with Gasteiger partial charge in [0.25, 0.3) is 6.43 Å². The van der Waals surface area contributed by atoms with E-state index in [2.05, 4.69) is 12.2 Å². The van der Waals surface area contributed by atoms with Crippen molar-refractivity contribution in [1.82, 2.24) is 5.32 Å². The molecule has 0 aliphatic rings. The Hall–Kier alpha value is -0.220. The lowest BCUT2D eigenvalue weighted by Crippen LogP contribution is -2.28. The third kappa shape index (κ3) is 9.70. The first-order valence-electron chi connectivity index (χ1n) is 4.76. The van der Waals surface area contributed by atoms with Gasteiger partial charge in [-0.3, -0.25) is 0 Å². The topological polar surface area (TPSA) is 21.3 Å². The average Bonchev–Trinajstić information content (AvgIpc) is 2.08. The van der Waals surface area contributed by atoms with Crippen LogP contribution in [0.5, 0.6) is 0 Å². The van der Waals surface area contributed by atoms with Gasteiger partial charge in [0, 0.05) is 12.6 Å². The summed E-state index contributed by atoms with van der Waals surface area (Å²) in [5, 5.41) is 3.25. The van der Waals surface area contributed by atoms with E-state index in [-0.39, 0.29) is 0 Å². The van der Waals surface area contributed by atoms with Crippen LogP contribution in [0.2, 0.25) is 0 Å². The number of halogens is 2. The van der Waals surface area contributed by atoms with Crippen LogP contribution < -0.4 is 5.32 Å². The van der Waals surface area contributed by atoms with Gasteiger partial charge in [-0.15, -0.1) is 0 Å². The first-order chi connectivity index (χ1) is 6.16. The molecule has 0 bridgehead atoms. The quantitative estimate of drug-likeness (QED) is 0.598. The van der Waals surface area contributed by atoms with Crippen LogP contribution in [0.4, 0.5) is 8.78 Å². The van der Waals surface area contributed by atoms with Crippen LogP contribution in [0.1, 0.15) is 26.7 Å². The molecule has 0 aromatic carbocycles. The molecule has 0 amide bonds. The fourth-order valence-corrected chi connectivity index (χ4v) is 0.925. The standard InChI is InChI=1S/C9H19F2NO/c1-3-5-12-8(2)4-6-13-7-9(10)11/h8-9,12H,3-7H2,1-2H3. The van der Waals surface area contributed by atoms with Crippen molar-refractivity contribution in [1.29, 1.82) is 0 Å². The van der Waals surface area contributed by atoms with Crippen molar-refractivity contribution in [3.8, 4) is 0 Å². The predicted octanol–water partition coefficient (Wildman–Crippen LogP) is 2.05. The monoisotopic (exact) mass is 195 g/mol. The summed E-state index contributed by atoms with van der Waals surface area (Å²) in [7, 11) is 0. The van der Waals surface area contributed by atoms with Crippen molar-refractivity contribution in [2.45, 2.75) is 39.2 Å².